The second-order valence-corrected chi connectivity index (χ2v) is 8.08. The zero-order chi connectivity index (χ0) is 20.9. The molecule has 2 heterocycles. The van der Waals surface area contributed by atoms with Crippen molar-refractivity contribution in [3.63, 3.8) is 0 Å². The van der Waals surface area contributed by atoms with Gasteiger partial charge in [-0.05, 0) is 36.6 Å². The van der Waals surface area contributed by atoms with Crippen molar-refractivity contribution in [2.75, 3.05) is 0 Å². The van der Waals surface area contributed by atoms with Crippen LogP contribution in [0.25, 0.3) is 0 Å². The number of allylic oxidation sites excluding steroid dienone is 2. The van der Waals surface area contributed by atoms with E-state index in [1.807, 2.05) is 70.5 Å². The monoisotopic (exact) mass is 404 g/mol. The smallest absolute Gasteiger partial charge is 0.287 e. The molecule has 1 aromatic carbocycles. The summed E-state index contributed by atoms with van der Waals surface area (Å²) in [5.74, 6) is -1.01. The fraction of sp³-hybridized carbons (Fsp3) is 0.375. The largest absolute Gasteiger partial charge is 0.363 e. The second kappa shape index (κ2) is 9.11. The van der Waals surface area contributed by atoms with Gasteiger partial charge in [0, 0.05) is 24.7 Å². The lowest BCUT2D eigenvalue weighted by Gasteiger charge is -2.36. The van der Waals surface area contributed by atoms with Crippen molar-refractivity contribution < 1.29 is 9.59 Å². The van der Waals surface area contributed by atoms with Crippen molar-refractivity contribution in [3.8, 4) is 0 Å². The molecule has 0 spiro atoms. The summed E-state index contributed by atoms with van der Waals surface area (Å²) in [7, 11) is 0. The number of benzene rings is 1. The molecule has 156 valence electrons. The summed E-state index contributed by atoms with van der Waals surface area (Å²) in [4.78, 5) is 26.5. The Morgan fingerprint density at radius 3 is 2.57 bits per heavy atom. The van der Waals surface area contributed by atoms with Crippen LogP contribution in [0.4, 0.5) is 0 Å². The maximum Gasteiger partial charge on any atom is 0.287 e. The van der Waals surface area contributed by atoms with Crippen LogP contribution in [0.5, 0.6) is 0 Å². The van der Waals surface area contributed by atoms with E-state index < -0.39 is 17.7 Å². The van der Waals surface area contributed by atoms with Gasteiger partial charge in [0.25, 0.3) is 5.91 Å². The van der Waals surface area contributed by atoms with Gasteiger partial charge in [-0.25, -0.2) is 4.68 Å². The van der Waals surface area contributed by atoms with E-state index >= 15 is 0 Å². The SMILES string of the molecule is NC(=O)C(=O)C(Cc1ccccc1)N1C=CC=CC1n1ccc(C2CCCCC2)n1. The average Bonchev–Trinajstić information content (AvgIpc) is 3.28. The summed E-state index contributed by atoms with van der Waals surface area (Å²) in [5, 5.41) is 4.86. The number of Topliss-reactive ketones (excluding diaryl/α,β-unsaturated/α-hetero) is 1. The van der Waals surface area contributed by atoms with E-state index in [1.165, 1.54) is 32.1 Å². The van der Waals surface area contributed by atoms with E-state index in [2.05, 4.69) is 6.07 Å². The van der Waals surface area contributed by atoms with Gasteiger partial charge in [-0.1, -0.05) is 55.7 Å². The fourth-order valence-corrected chi connectivity index (χ4v) is 4.46. The fourth-order valence-electron chi connectivity index (χ4n) is 4.46. The third-order valence-electron chi connectivity index (χ3n) is 6.06. The number of rotatable bonds is 7. The molecular weight excluding hydrogens is 376 g/mol. The molecular formula is C24H28N4O2. The van der Waals surface area contributed by atoms with Gasteiger partial charge in [-0.2, -0.15) is 5.10 Å². The standard InChI is InChI=1S/C24H28N4O2/c25-24(30)23(29)21(17-18-9-3-1-4-10-18)27-15-8-7-13-22(27)28-16-14-20(26-28)19-11-5-2-6-12-19/h1,3-4,7-10,13-16,19,21-22H,2,5-6,11-12,17H2,(H2,25,30). The molecule has 6 nitrogen and oxygen atoms in total. The molecule has 1 amide bonds. The van der Waals surface area contributed by atoms with Gasteiger partial charge < -0.3 is 10.6 Å². The topological polar surface area (TPSA) is 81.2 Å². The predicted molar refractivity (Wildman–Crippen MR) is 115 cm³/mol. The van der Waals surface area contributed by atoms with Crippen LogP contribution in [0, 0.1) is 0 Å². The highest BCUT2D eigenvalue weighted by Gasteiger charge is 2.33. The number of nitrogens with two attached hydrogens (primary N) is 1. The highest BCUT2D eigenvalue weighted by molar-refractivity contribution is 6.37. The molecule has 30 heavy (non-hydrogen) atoms. The number of hydrogen-bond donors (Lipinski definition) is 1. The van der Waals surface area contributed by atoms with Crippen molar-refractivity contribution in [1.29, 1.82) is 0 Å². The van der Waals surface area contributed by atoms with E-state index in [0.717, 1.165) is 11.3 Å². The lowest BCUT2D eigenvalue weighted by atomic mass is 9.87. The zero-order valence-electron chi connectivity index (χ0n) is 17.1. The van der Waals surface area contributed by atoms with E-state index in [1.54, 1.807) is 0 Å². The molecule has 1 aliphatic carbocycles. The molecule has 1 fully saturated rings. The molecule has 4 rings (SSSR count). The molecule has 2 aliphatic rings. The van der Waals surface area contributed by atoms with Gasteiger partial charge in [0.1, 0.15) is 12.2 Å². The lowest BCUT2D eigenvalue weighted by molar-refractivity contribution is -0.139. The predicted octanol–water partition coefficient (Wildman–Crippen LogP) is 3.48. The average molecular weight is 405 g/mol. The molecule has 1 aliphatic heterocycles. The molecule has 6 heteroatoms. The first kappa shape index (κ1) is 20.1. The summed E-state index contributed by atoms with van der Waals surface area (Å²) in [6.07, 6.45) is 15.9. The minimum Gasteiger partial charge on any atom is -0.363 e. The molecule has 0 radical (unpaired) electrons. The summed E-state index contributed by atoms with van der Waals surface area (Å²) in [6.45, 7) is 0. The Bertz CT molecular complexity index is 941. The maximum absolute atomic E-state index is 12.8. The minimum absolute atomic E-state index is 0.288. The molecule has 2 atom stereocenters. The summed E-state index contributed by atoms with van der Waals surface area (Å²) in [5.41, 5.74) is 7.49. The number of aromatic nitrogens is 2. The summed E-state index contributed by atoms with van der Waals surface area (Å²) in [6, 6.07) is 11.1. The molecule has 0 saturated heterocycles. The van der Waals surface area contributed by atoms with Crippen LogP contribution in [0.2, 0.25) is 0 Å². The van der Waals surface area contributed by atoms with Gasteiger partial charge in [-0.15, -0.1) is 0 Å². The Balaban J connectivity index is 1.61. The van der Waals surface area contributed by atoms with Gasteiger partial charge >= 0.3 is 0 Å². The first-order chi connectivity index (χ1) is 14.6. The van der Waals surface area contributed by atoms with Crippen LogP contribution < -0.4 is 5.73 Å². The Morgan fingerprint density at radius 2 is 1.83 bits per heavy atom. The summed E-state index contributed by atoms with van der Waals surface area (Å²) >= 11 is 0. The number of carbonyl (C=O) groups is 2. The Morgan fingerprint density at radius 1 is 1.07 bits per heavy atom. The van der Waals surface area contributed by atoms with Gasteiger partial charge in [0.2, 0.25) is 5.78 Å². The van der Waals surface area contributed by atoms with E-state index in [-0.39, 0.29) is 6.17 Å². The van der Waals surface area contributed by atoms with Gasteiger partial charge in [0.05, 0.1) is 5.69 Å². The lowest BCUT2D eigenvalue weighted by Crippen LogP contribution is -2.48. The first-order valence-electron chi connectivity index (χ1n) is 10.7. The van der Waals surface area contributed by atoms with Crippen LogP contribution in [0.15, 0.2) is 67.0 Å². The molecule has 2 aromatic rings. The van der Waals surface area contributed by atoms with E-state index in [9.17, 15) is 9.59 Å². The van der Waals surface area contributed by atoms with Crippen molar-refractivity contribution in [2.24, 2.45) is 5.73 Å². The third-order valence-corrected chi connectivity index (χ3v) is 6.06. The zero-order valence-corrected chi connectivity index (χ0v) is 17.1. The van der Waals surface area contributed by atoms with E-state index in [4.69, 9.17) is 10.8 Å². The number of carbonyl (C=O) groups excluding carboxylic acids is 2. The molecule has 2 N–H and O–H groups in total. The quantitative estimate of drug-likeness (QED) is 0.717. The second-order valence-electron chi connectivity index (χ2n) is 8.08. The Labute approximate surface area is 177 Å². The van der Waals surface area contributed by atoms with Crippen LogP contribution in [0.3, 0.4) is 0 Å². The normalized spacial score (nSPS) is 20.3. The van der Waals surface area contributed by atoms with Crippen molar-refractivity contribution >= 4 is 11.7 Å². The Kier molecular flexibility index (Phi) is 6.12. The highest BCUT2D eigenvalue weighted by Crippen LogP contribution is 2.32. The molecule has 1 aromatic heterocycles. The number of primary amides is 1. The minimum atomic E-state index is -0.916. The van der Waals surface area contributed by atoms with E-state index in [0.29, 0.717) is 12.3 Å². The number of hydrogen-bond acceptors (Lipinski definition) is 4. The highest BCUT2D eigenvalue weighted by atomic mass is 16.2. The van der Waals surface area contributed by atoms with Crippen molar-refractivity contribution in [3.05, 3.63) is 78.3 Å². The maximum atomic E-state index is 12.8. The number of nitrogens with zero attached hydrogens (tertiary/aromatic N) is 3. The Hall–Kier alpha value is -3.15. The molecule has 0 bridgehead atoms. The third kappa shape index (κ3) is 4.37. The van der Waals surface area contributed by atoms with Crippen LogP contribution >= 0.6 is 0 Å². The van der Waals surface area contributed by atoms with Crippen LogP contribution in [-0.4, -0.2) is 32.4 Å². The summed E-state index contributed by atoms with van der Waals surface area (Å²) < 4.78 is 1.89. The number of ketones is 1. The molecule has 1 saturated carbocycles. The van der Waals surface area contributed by atoms with Gasteiger partial charge in [-0.3, -0.25) is 9.59 Å². The molecule has 2 unspecified atom stereocenters. The van der Waals surface area contributed by atoms with Crippen molar-refractivity contribution in [1.82, 2.24) is 14.7 Å². The first-order valence-corrected chi connectivity index (χ1v) is 10.7. The van der Waals surface area contributed by atoms with Crippen LogP contribution in [-0.2, 0) is 16.0 Å². The van der Waals surface area contributed by atoms with Crippen LogP contribution in [0.1, 0.15) is 55.4 Å². The number of amides is 1. The van der Waals surface area contributed by atoms with Gasteiger partial charge in [0.15, 0.2) is 0 Å². The van der Waals surface area contributed by atoms with Crippen molar-refractivity contribution in [2.45, 2.75) is 56.7 Å².